The van der Waals surface area contributed by atoms with E-state index in [9.17, 15) is 24.2 Å². The van der Waals surface area contributed by atoms with Crippen LogP contribution in [0.15, 0.2) is 42.5 Å². The highest BCUT2D eigenvalue weighted by atomic mass is 32.1. The SMILES string of the molecule is Cc1sc(C)c(C(=O)NC2CCC(C(=O)O)CC2)c1Cc1ccc(-c2cc(F)cc(CO)c2)cc1. The largest absolute Gasteiger partial charge is 0.481 e. The first-order valence-corrected chi connectivity index (χ1v) is 12.7. The molecule has 4 rings (SSSR count). The van der Waals surface area contributed by atoms with Crippen molar-refractivity contribution in [3.63, 3.8) is 0 Å². The van der Waals surface area contributed by atoms with Crippen molar-refractivity contribution in [1.82, 2.24) is 5.32 Å². The van der Waals surface area contributed by atoms with Gasteiger partial charge in [-0.15, -0.1) is 11.3 Å². The monoisotopic (exact) mass is 495 g/mol. The number of carbonyl (C=O) groups excluding carboxylic acids is 1. The average molecular weight is 496 g/mol. The third-order valence-corrected chi connectivity index (χ3v) is 7.89. The average Bonchev–Trinajstić information content (AvgIpc) is 3.11. The summed E-state index contributed by atoms with van der Waals surface area (Å²) in [5.41, 5.74) is 4.86. The van der Waals surface area contributed by atoms with Crippen molar-refractivity contribution in [2.75, 3.05) is 0 Å². The number of carboxylic acid groups (broad SMARTS) is 1. The Hall–Kier alpha value is -3.03. The van der Waals surface area contributed by atoms with E-state index in [-0.39, 0.29) is 30.3 Å². The molecule has 0 unspecified atom stereocenters. The predicted molar refractivity (Wildman–Crippen MR) is 135 cm³/mol. The van der Waals surface area contributed by atoms with Crippen LogP contribution >= 0.6 is 11.3 Å². The molecule has 0 aliphatic heterocycles. The molecule has 0 spiro atoms. The number of thiophene rings is 1. The lowest BCUT2D eigenvalue weighted by atomic mass is 9.86. The van der Waals surface area contributed by atoms with Gasteiger partial charge in [-0.2, -0.15) is 0 Å². The van der Waals surface area contributed by atoms with Gasteiger partial charge < -0.3 is 15.5 Å². The fraction of sp³-hybridized carbons (Fsp3) is 0.357. The summed E-state index contributed by atoms with van der Waals surface area (Å²) in [5.74, 6) is -1.53. The number of aryl methyl sites for hydroxylation is 2. The minimum atomic E-state index is -0.751. The number of carbonyl (C=O) groups is 2. The zero-order valence-corrected chi connectivity index (χ0v) is 20.8. The van der Waals surface area contributed by atoms with Gasteiger partial charge in [-0.1, -0.05) is 24.3 Å². The number of hydrogen-bond acceptors (Lipinski definition) is 4. The Kier molecular flexibility index (Phi) is 7.67. The zero-order chi connectivity index (χ0) is 25.1. The molecule has 35 heavy (non-hydrogen) atoms. The van der Waals surface area contributed by atoms with Crippen LogP contribution in [0.2, 0.25) is 0 Å². The zero-order valence-electron chi connectivity index (χ0n) is 19.9. The summed E-state index contributed by atoms with van der Waals surface area (Å²) in [6.45, 7) is 3.77. The number of rotatable bonds is 7. The Balaban J connectivity index is 1.49. The van der Waals surface area contributed by atoms with E-state index in [1.165, 1.54) is 12.1 Å². The van der Waals surface area contributed by atoms with Crippen molar-refractivity contribution in [2.45, 2.75) is 58.6 Å². The van der Waals surface area contributed by atoms with Crippen LogP contribution in [0.25, 0.3) is 11.1 Å². The first-order chi connectivity index (χ1) is 16.7. The summed E-state index contributed by atoms with van der Waals surface area (Å²) < 4.78 is 13.9. The standard InChI is InChI=1S/C28H30FNO4S/c1-16-25(13-18-3-5-20(6-4-18)22-11-19(15-31)12-23(29)14-22)26(17(2)35-16)27(32)30-24-9-7-21(8-10-24)28(33)34/h3-6,11-12,14,21,24,31H,7-10,13,15H2,1-2H3,(H,30,32)(H,33,34). The number of carboxylic acids is 1. The number of aliphatic carboxylic acids is 1. The van der Waals surface area contributed by atoms with Crippen LogP contribution in [0.5, 0.6) is 0 Å². The van der Waals surface area contributed by atoms with E-state index in [4.69, 9.17) is 0 Å². The molecule has 3 aromatic rings. The minimum absolute atomic E-state index is 0.0000747. The summed E-state index contributed by atoms with van der Waals surface area (Å²) in [6, 6.07) is 12.4. The van der Waals surface area contributed by atoms with E-state index in [1.807, 2.05) is 38.1 Å². The highest BCUT2D eigenvalue weighted by Gasteiger charge is 2.28. The minimum Gasteiger partial charge on any atom is -0.481 e. The van der Waals surface area contributed by atoms with Gasteiger partial charge in [0.1, 0.15) is 5.82 Å². The van der Waals surface area contributed by atoms with E-state index < -0.39 is 5.97 Å². The normalized spacial score (nSPS) is 17.8. The van der Waals surface area contributed by atoms with E-state index in [0.29, 0.717) is 43.2 Å². The lowest BCUT2D eigenvalue weighted by molar-refractivity contribution is -0.142. The quantitative estimate of drug-likeness (QED) is 0.397. The molecule has 2 aromatic carbocycles. The summed E-state index contributed by atoms with van der Waals surface area (Å²) in [4.78, 5) is 26.5. The summed E-state index contributed by atoms with van der Waals surface area (Å²) in [6.07, 6.45) is 3.15. The maximum atomic E-state index is 13.9. The molecule has 1 amide bonds. The van der Waals surface area contributed by atoms with Crippen molar-refractivity contribution in [1.29, 1.82) is 0 Å². The number of benzene rings is 2. The molecule has 0 radical (unpaired) electrons. The number of hydrogen-bond donors (Lipinski definition) is 3. The molecular weight excluding hydrogens is 465 g/mol. The van der Waals surface area contributed by atoms with Gasteiger partial charge in [-0.3, -0.25) is 9.59 Å². The molecule has 5 nitrogen and oxygen atoms in total. The van der Waals surface area contributed by atoms with Gasteiger partial charge in [0.05, 0.1) is 18.1 Å². The second-order valence-electron chi connectivity index (χ2n) is 9.31. The second kappa shape index (κ2) is 10.7. The fourth-order valence-electron chi connectivity index (χ4n) is 4.91. The Morgan fingerprint density at radius 2 is 1.66 bits per heavy atom. The van der Waals surface area contributed by atoms with Crippen LogP contribution < -0.4 is 5.32 Å². The molecule has 3 N–H and O–H groups in total. The highest BCUT2D eigenvalue weighted by Crippen LogP contribution is 2.31. The smallest absolute Gasteiger partial charge is 0.306 e. The first kappa shape index (κ1) is 25.1. The van der Waals surface area contributed by atoms with Gasteiger partial charge in [0, 0.05) is 15.8 Å². The maximum Gasteiger partial charge on any atom is 0.306 e. The maximum absolute atomic E-state index is 13.9. The van der Waals surface area contributed by atoms with Gasteiger partial charge in [0.25, 0.3) is 5.91 Å². The van der Waals surface area contributed by atoms with Gasteiger partial charge in [0.15, 0.2) is 0 Å². The number of amides is 1. The van der Waals surface area contributed by atoms with E-state index in [0.717, 1.165) is 32.0 Å². The van der Waals surface area contributed by atoms with Crippen molar-refractivity contribution in [2.24, 2.45) is 5.92 Å². The van der Waals surface area contributed by atoms with E-state index >= 15 is 0 Å². The second-order valence-corrected chi connectivity index (χ2v) is 10.7. The van der Waals surface area contributed by atoms with Crippen LogP contribution in [-0.2, 0) is 17.8 Å². The van der Waals surface area contributed by atoms with Crippen molar-refractivity contribution in [3.8, 4) is 11.1 Å². The molecular formula is C28H30FNO4S. The Morgan fingerprint density at radius 1 is 0.971 bits per heavy atom. The van der Waals surface area contributed by atoms with Crippen LogP contribution in [-0.4, -0.2) is 28.1 Å². The number of nitrogens with one attached hydrogen (secondary N) is 1. The Morgan fingerprint density at radius 3 is 2.29 bits per heavy atom. The van der Waals surface area contributed by atoms with Gasteiger partial charge in [-0.05, 0) is 92.0 Å². The van der Waals surface area contributed by atoms with Crippen molar-refractivity contribution in [3.05, 3.63) is 80.3 Å². The van der Waals surface area contributed by atoms with Gasteiger partial charge >= 0.3 is 5.97 Å². The molecule has 0 saturated heterocycles. The highest BCUT2D eigenvalue weighted by molar-refractivity contribution is 7.12. The molecule has 1 aliphatic rings. The summed E-state index contributed by atoms with van der Waals surface area (Å²) in [5, 5.41) is 21.7. The van der Waals surface area contributed by atoms with Crippen molar-refractivity contribution < 1.29 is 24.2 Å². The molecule has 1 heterocycles. The van der Waals surface area contributed by atoms with Gasteiger partial charge in [-0.25, -0.2) is 4.39 Å². The van der Waals surface area contributed by atoms with Crippen LogP contribution in [0, 0.1) is 25.6 Å². The van der Waals surface area contributed by atoms with Crippen LogP contribution in [0.1, 0.15) is 62.5 Å². The Bertz CT molecular complexity index is 1230. The fourth-order valence-corrected chi connectivity index (χ4v) is 5.99. The third kappa shape index (κ3) is 5.80. The molecule has 1 aliphatic carbocycles. The van der Waals surface area contributed by atoms with Crippen LogP contribution in [0.3, 0.4) is 0 Å². The first-order valence-electron chi connectivity index (χ1n) is 11.9. The Labute approximate surface area is 208 Å². The molecule has 0 bridgehead atoms. The number of halogens is 1. The lowest BCUT2D eigenvalue weighted by Gasteiger charge is -2.27. The molecule has 7 heteroatoms. The molecule has 1 aromatic heterocycles. The number of aliphatic hydroxyl groups is 1. The summed E-state index contributed by atoms with van der Waals surface area (Å²) >= 11 is 1.61. The molecule has 184 valence electrons. The molecule has 1 saturated carbocycles. The molecule has 1 fully saturated rings. The van der Waals surface area contributed by atoms with E-state index in [1.54, 1.807) is 17.4 Å². The van der Waals surface area contributed by atoms with E-state index in [2.05, 4.69) is 5.32 Å². The van der Waals surface area contributed by atoms with Crippen molar-refractivity contribution >= 4 is 23.2 Å². The lowest BCUT2D eigenvalue weighted by Crippen LogP contribution is -2.39. The molecule has 0 atom stereocenters. The third-order valence-electron chi connectivity index (χ3n) is 6.83. The van der Waals surface area contributed by atoms with Crippen LogP contribution in [0.4, 0.5) is 4.39 Å². The topological polar surface area (TPSA) is 86.6 Å². The van der Waals surface area contributed by atoms with Gasteiger partial charge in [0.2, 0.25) is 0 Å². The predicted octanol–water partition coefficient (Wildman–Crippen LogP) is 5.63. The summed E-state index contributed by atoms with van der Waals surface area (Å²) in [7, 11) is 0. The number of aliphatic hydroxyl groups excluding tert-OH is 1.